The lowest BCUT2D eigenvalue weighted by atomic mass is 10.1. The molecule has 0 heterocycles. The standard InChI is InChI=1S/C22H25NO6/c1-3-4-13-28-19-11-9-17(10-12-19)21(25)23-14-20(24)29-15-16-5-7-18(8-6-16)22(26)27-2/h5-12H,3-4,13-15H2,1-2H3,(H,23,25). The van der Waals surface area contributed by atoms with Crippen molar-refractivity contribution in [2.24, 2.45) is 0 Å². The van der Waals surface area contributed by atoms with Crippen molar-refractivity contribution in [1.82, 2.24) is 5.32 Å². The maximum Gasteiger partial charge on any atom is 0.337 e. The van der Waals surface area contributed by atoms with E-state index in [1.807, 2.05) is 0 Å². The van der Waals surface area contributed by atoms with E-state index in [2.05, 4.69) is 17.0 Å². The van der Waals surface area contributed by atoms with Gasteiger partial charge in [0.15, 0.2) is 0 Å². The smallest absolute Gasteiger partial charge is 0.337 e. The van der Waals surface area contributed by atoms with Crippen LogP contribution in [0, 0.1) is 0 Å². The third-order valence-corrected chi connectivity index (χ3v) is 4.05. The predicted octanol–water partition coefficient (Wildman–Crippen LogP) is 3.13. The van der Waals surface area contributed by atoms with E-state index >= 15 is 0 Å². The molecule has 0 atom stereocenters. The van der Waals surface area contributed by atoms with Crippen LogP contribution >= 0.6 is 0 Å². The first-order valence-electron chi connectivity index (χ1n) is 9.37. The van der Waals surface area contributed by atoms with Gasteiger partial charge in [-0.2, -0.15) is 0 Å². The number of rotatable bonds is 10. The van der Waals surface area contributed by atoms with E-state index in [1.165, 1.54) is 7.11 Å². The third kappa shape index (κ3) is 7.29. The number of amides is 1. The second-order valence-electron chi connectivity index (χ2n) is 6.26. The average molecular weight is 399 g/mol. The molecule has 29 heavy (non-hydrogen) atoms. The highest BCUT2D eigenvalue weighted by Crippen LogP contribution is 2.13. The fourth-order valence-electron chi connectivity index (χ4n) is 2.36. The van der Waals surface area contributed by atoms with Crippen LogP contribution in [0.1, 0.15) is 46.0 Å². The molecule has 1 amide bonds. The van der Waals surface area contributed by atoms with Crippen molar-refractivity contribution in [2.45, 2.75) is 26.4 Å². The minimum absolute atomic E-state index is 0.0416. The number of methoxy groups -OCH3 is 1. The number of esters is 2. The molecular formula is C22H25NO6. The molecule has 2 aromatic carbocycles. The Morgan fingerprint density at radius 2 is 1.59 bits per heavy atom. The summed E-state index contributed by atoms with van der Waals surface area (Å²) in [6.07, 6.45) is 2.02. The molecule has 1 N–H and O–H groups in total. The number of hydrogen-bond donors (Lipinski definition) is 1. The summed E-state index contributed by atoms with van der Waals surface area (Å²) in [6, 6.07) is 13.3. The molecule has 0 aliphatic carbocycles. The van der Waals surface area contributed by atoms with Crippen LogP contribution in [-0.2, 0) is 20.9 Å². The topological polar surface area (TPSA) is 90.9 Å². The zero-order chi connectivity index (χ0) is 21.1. The lowest BCUT2D eigenvalue weighted by Gasteiger charge is -2.08. The van der Waals surface area contributed by atoms with Crippen molar-refractivity contribution >= 4 is 17.8 Å². The monoisotopic (exact) mass is 399 g/mol. The van der Waals surface area contributed by atoms with Crippen molar-refractivity contribution in [3.05, 3.63) is 65.2 Å². The summed E-state index contributed by atoms with van der Waals surface area (Å²) in [5.74, 6) is -0.663. The number of benzene rings is 2. The molecule has 0 radical (unpaired) electrons. The largest absolute Gasteiger partial charge is 0.494 e. The first-order chi connectivity index (χ1) is 14.0. The summed E-state index contributed by atoms with van der Waals surface area (Å²) in [4.78, 5) is 35.3. The summed E-state index contributed by atoms with van der Waals surface area (Å²) >= 11 is 0. The summed E-state index contributed by atoms with van der Waals surface area (Å²) in [7, 11) is 1.31. The Bertz CT molecular complexity index is 814. The van der Waals surface area contributed by atoms with Crippen LogP contribution in [0.4, 0.5) is 0 Å². The van der Waals surface area contributed by atoms with Crippen LogP contribution in [0.5, 0.6) is 5.75 Å². The number of unbranched alkanes of at least 4 members (excludes halogenated alkanes) is 1. The van der Waals surface area contributed by atoms with Gasteiger partial charge in [-0.1, -0.05) is 25.5 Å². The molecule has 0 saturated carbocycles. The Labute approximate surface area is 170 Å². The Morgan fingerprint density at radius 1 is 0.931 bits per heavy atom. The van der Waals surface area contributed by atoms with Crippen LogP contribution in [0.15, 0.2) is 48.5 Å². The molecule has 0 aliphatic rings. The maximum absolute atomic E-state index is 12.1. The van der Waals surface area contributed by atoms with Gasteiger partial charge in [0.1, 0.15) is 18.9 Å². The van der Waals surface area contributed by atoms with Gasteiger partial charge in [0.2, 0.25) is 0 Å². The third-order valence-electron chi connectivity index (χ3n) is 4.05. The van der Waals surface area contributed by atoms with Crippen LogP contribution in [0.2, 0.25) is 0 Å². The molecule has 2 rings (SSSR count). The lowest BCUT2D eigenvalue weighted by Crippen LogP contribution is -2.30. The van der Waals surface area contributed by atoms with Gasteiger partial charge in [-0.3, -0.25) is 9.59 Å². The lowest BCUT2D eigenvalue weighted by molar-refractivity contribution is -0.143. The Balaban J connectivity index is 1.74. The van der Waals surface area contributed by atoms with Gasteiger partial charge in [0.05, 0.1) is 19.3 Å². The molecule has 0 saturated heterocycles. The molecule has 0 spiro atoms. The van der Waals surface area contributed by atoms with Crippen LogP contribution in [0.3, 0.4) is 0 Å². The first kappa shape index (κ1) is 21.9. The van der Waals surface area contributed by atoms with E-state index in [9.17, 15) is 14.4 Å². The van der Waals surface area contributed by atoms with Crippen LogP contribution in [0.25, 0.3) is 0 Å². The van der Waals surface area contributed by atoms with E-state index < -0.39 is 11.9 Å². The summed E-state index contributed by atoms with van der Waals surface area (Å²) in [6.45, 7) is 2.52. The number of ether oxygens (including phenoxy) is 3. The fraction of sp³-hybridized carbons (Fsp3) is 0.318. The molecular weight excluding hydrogens is 374 g/mol. The molecule has 0 bridgehead atoms. The average Bonchev–Trinajstić information content (AvgIpc) is 2.76. The van der Waals surface area contributed by atoms with Gasteiger partial charge in [0.25, 0.3) is 5.91 Å². The SMILES string of the molecule is CCCCOc1ccc(C(=O)NCC(=O)OCc2ccc(C(=O)OC)cc2)cc1. The highest BCUT2D eigenvalue weighted by Gasteiger charge is 2.10. The van der Waals surface area contributed by atoms with Crippen molar-refractivity contribution in [3.63, 3.8) is 0 Å². The van der Waals surface area contributed by atoms with E-state index in [4.69, 9.17) is 9.47 Å². The van der Waals surface area contributed by atoms with Gasteiger partial charge in [-0.15, -0.1) is 0 Å². The zero-order valence-electron chi connectivity index (χ0n) is 16.6. The zero-order valence-corrected chi connectivity index (χ0v) is 16.6. The minimum atomic E-state index is -0.560. The van der Waals surface area contributed by atoms with E-state index in [1.54, 1.807) is 48.5 Å². The van der Waals surface area contributed by atoms with Gasteiger partial charge >= 0.3 is 11.9 Å². The number of nitrogens with one attached hydrogen (secondary N) is 1. The molecule has 154 valence electrons. The second kappa shape index (κ2) is 11.5. The maximum atomic E-state index is 12.1. The fourth-order valence-corrected chi connectivity index (χ4v) is 2.36. The van der Waals surface area contributed by atoms with Crippen LogP contribution in [-0.4, -0.2) is 38.1 Å². The summed E-state index contributed by atoms with van der Waals surface area (Å²) in [5, 5.41) is 2.52. The molecule has 0 aromatic heterocycles. The molecule has 0 aliphatic heterocycles. The molecule has 7 heteroatoms. The number of carbonyl (C=O) groups excluding carboxylic acids is 3. The molecule has 0 fully saturated rings. The minimum Gasteiger partial charge on any atom is -0.494 e. The van der Waals surface area contributed by atoms with E-state index in [0.717, 1.165) is 18.4 Å². The molecule has 0 unspecified atom stereocenters. The van der Waals surface area contributed by atoms with Gasteiger partial charge < -0.3 is 19.5 Å². The highest BCUT2D eigenvalue weighted by molar-refractivity contribution is 5.96. The summed E-state index contributed by atoms with van der Waals surface area (Å²) < 4.78 is 15.3. The predicted molar refractivity (Wildman–Crippen MR) is 107 cm³/mol. The Morgan fingerprint density at radius 3 is 2.21 bits per heavy atom. The Hall–Kier alpha value is -3.35. The summed E-state index contributed by atoms with van der Waals surface area (Å²) in [5.41, 5.74) is 1.56. The van der Waals surface area contributed by atoms with Gasteiger partial charge in [0, 0.05) is 5.56 Å². The molecule has 7 nitrogen and oxygen atoms in total. The van der Waals surface area contributed by atoms with Crippen molar-refractivity contribution < 1.29 is 28.6 Å². The molecule has 2 aromatic rings. The van der Waals surface area contributed by atoms with Crippen LogP contribution < -0.4 is 10.1 Å². The van der Waals surface area contributed by atoms with Crippen molar-refractivity contribution in [1.29, 1.82) is 0 Å². The highest BCUT2D eigenvalue weighted by atomic mass is 16.5. The number of carbonyl (C=O) groups is 3. The quantitative estimate of drug-likeness (QED) is 0.488. The van der Waals surface area contributed by atoms with Crippen molar-refractivity contribution in [2.75, 3.05) is 20.3 Å². The van der Waals surface area contributed by atoms with Crippen molar-refractivity contribution in [3.8, 4) is 5.75 Å². The van der Waals surface area contributed by atoms with E-state index in [0.29, 0.717) is 23.5 Å². The number of hydrogen-bond acceptors (Lipinski definition) is 6. The first-order valence-corrected chi connectivity index (χ1v) is 9.37. The second-order valence-corrected chi connectivity index (χ2v) is 6.26. The van der Waals surface area contributed by atoms with Gasteiger partial charge in [-0.25, -0.2) is 4.79 Å². The van der Waals surface area contributed by atoms with Gasteiger partial charge in [-0.05, 0) is 48.4 Å². The Kier molecular flexibility index (Phi) is 8.69. The van der Waals surface area contributed by atoms with E-state index in [-0.39, 0.29) is 19.1 Å². The normalized spacial score (nSPS) is 10.1.